The molecular weight excluding hydrogens is 264 g/mol. The van der Waals surface area contributed by atoms with Gasteiger partial charge >= 0.3 is 0 Å². The highest BCUT2D eigenvalue weighted by molar-refractivity contribution is 8.14. The van der Waals surface area contributed by atoms with Crippen LogP contribution >= 0.6 is 11.8 Å². The minimum absolute atomic E-state index is 0.124. The first kappa shape index (κ1) is 13.8. The number of benzene rings is 1. The van der Waals surface area contributed by atoms with Crippen molar-refractivity contribution >= 4 is 28.3 Å². The fraction of sp³-hybridized carbons (Fsp3) is 0.500. The van der Waals surface area contributed by atoms with Gasteiger partial charge in [0.1, 0.15) is 4.08 Å². The van der Waals surface area contributed by atoms with Crippen molar-refractivity contribution < 1.29 is 9.00 Å². The molecule has 1 saturated heterocycles. The van der Waals surface area contributed by atoms with Crippen LogP contribution < -0.4 is 0 Å². The molecule has 2 rings (SSSR count). The topological polar surface area (TPSA) is 34.1 Å². The Balaban J connectivity index is 2.17. The molecule has 1 aromatic rings. The number of carbonyl (C=O) groups excluding carboxylic acids is 1. The van der Waals surface area contributed by atoms with Gasteiger partial charge in [-0.25, -0.2) is 0 Å². The molecule has 0 spiro atoms. The summed E-state index contributed by atoms with van der Waals surface area (Å²) in [5.41, 5.74) is 1.01. The first-order valence-corrected chi connectivity index (χ1v) is 8.59. The standard InChI is InChI=1S/C14H18O2S2/c1-2-14(17-9-6-10-18(14)16)13(15)11-12-7-4-3-5-8-12/h3-5,7-8H,2,6,9-11H2,1H3. The molecule has 1 fully saturated rings. The monoisotopic (exact) mass is 282 g/mol. The van der Waals surface area contributed by atoms with E-state index >= 15 is 0 Å². The zero-order valence-corrected chi connectivity index (χ0v) is 12.2. The van der Waals surface area contributed by atoms with Crippen molar-refractivity contribution in [1.82, 2.24) is 0 Å². The van der Waals surface area contributed by atoms with Gasteiger partial charge < -0.3 is 0 Å². The molecule has 0 bridgehead atoms. The van der Waals surface area contributed by atoms with E-state index in [0.29, 0.717) is 18.6 Å². The van der Waals surface area contributed by atoms with Crippen LogP contribution in [0, 0.1) is 0 Å². The maximum atomic E-state index is 12.5. The van der Waals surface area contributed by atoms with Crippen LogP contribution in [0.4, 0.5) is 0 Å². The van der Waals surface area contributed by atoms with E-state index in [4.69, 9.17) is 0 Å². The van der Waals surface area contributed by atoms with Crippen LogP contribution in [0.3, 0.4) is 0 Å². The summed E-state index contributed by atoms with van der Waals surface area (Å²) in [5.74, 6) is 1.74. The highest BCUT2D eigenvalue weighted by Gasteiger charge is 2.44. The molecule has 0 radical (unpaired) electrons. The third-order valence-electron chi connectivity index (χ3n) is 3.27. The molecule has 0 aliphatic carbocycles. The number of hydrogen-bond donors (Lipinski definition) is 0. The molecule has 0 N–H and O–H groups in total. The lowest BCUT2D eigenvalue weighted by molar-refractivity contribution is -0.118. The van der Waals surface area contributed by atoms with E-state index in [1.165, 1.54) is 0 Å². The summed E-state index contributed by atoms with van der Waals surface area (Å²) in [6, 6.07) is 9.73. The summed E-state index contributed by atoms with van der Waals surface area (Å²) in [6.07, 6.45) is 2.01. The van der Waals surface area contributed by atoms with Crippen molar-refractivity contribution in [2.45, 2.75) is 30.3 Å². The van der Waals surface area contributed by atoms with Crippen LogP contribution in [0.15, 0.2) is 30.3 Å². The Morgan fingerprint density at radius 1 is 1.39 bits per heavy atom. The van der Waals surface area contributed by atoms with Crippen molar-refractivity contribution in [2.75, 3.05) is 11.5 Å². The lowest BCUT2D eigenvalue weighted by Gasteiger charge is -2.33. The van der Waals surface area contributed by atoms with Crippen LogP contribution in [-0.4, -0.2) is 25.6 Å². The Morgan fingerprint density at radius 2 is 2.11 bits per heavy atom. The van der Waals surface area contributed by atoms with Crippen molar-refractivity contribution in [3.63, 3.8) is 0 Å². The highest BCUT2D eigenvalue weighted by atomic mass is 32.2. The second-order valence-electron chi connectivity index (χ2n) is 4.44. The van der Waals surface area contributed by atoms with E-state index in [0.717, 1.165) is 17.7 Å². The second kappa shape index (κ2) is 6.02. The van der Waals surface area contributed by atoms with Gasteiger partial charge in [0.2, 0.25) is 0 Å². The van der Waals surface area contributed by atoms with E-state index in [1.807, 2.05) is 37.3 Å². The molecule has 2 atom stereocenters. The molecule has 1 aliphatic rings. The summed E-state index contributed by atoms with van der Waals surface area (Å²) >= 11 is 1.60. The summed E-state index contributed by atoms with van der Waals surface area (Å²) in [7, 11) is -1.03. The van der Waals surface area contributed by atoms with Crippen molar-refractivity contribution in [1.29, 1.82) is 0 Å². The maximum absolute atomic E-state index is 12.5. The van der Waals surface area contributed by atoms with E-state index in [2.05, 4.69) is 0 Å². The first-order chi connectivity index (χ1) is 8.69. The highest BCUT2D eigenvalue weighted by Crippen LogP contribution is 2.39. The van der Waals surface area contributed by atoms with Gasteiger partial charge in [-0.15, -0.1) is 11.8 Å². The van der Waals surface area contributed by atoms with Gasteiger partial charge in [0.05, 0.1) is 0 Å². The molecule has 18 heavy (non-hydrogen) atoms. The summed E-state index contributed by atoms with van der Waals surface area (Å²) < 4.78 is 11.6. The summed E-state index contributed by atoms with van der Waals surface area (Å²) in [4.78, 5) is 12.5. The lowest BCUT2D eigenvalue weighted by atomic mass is 10.1. The minimum atomic E-state index is -1.03. The summed E-state index contributed by atoms with van der Waals surface area (Å²) in [5, 5.41) is 0. The number of hydrogen-bond acceptors (Lipinski definition) is 3. The van der Waals surface area contributed by atoms with Crippen LogP contribution in [0.25, 0.3) is 0 Å². The second-order valence-corrected chi connectivity index (χ2v) is 7.89. The third kappa shape index (κ3) is 2.69. The molecule has 0 amide bonds. The number of rotatable bonds is 4. The normalized spacial score (nSPS) is 27.9. The fourth-order valence-corrected chi connectivity index (χ4v) is 5.89. The smallest absolute Gasteiger partial charge is 0.165 e. The molecular formula is C14H18O2S2. The van der Waals surface area contributed by atoms with Gasteiger partial charge in [-0.1, -0.05) is 37.3 Å². The third-order valence-corrected chi connectivity index (χ3v) is 7.57. The zero-order chi connectivity index (χ0) is 13.0. The van der Waals surface area contributed by atoms with Crippen molar-refractivity contribution in [3.05, 3.63) is 35.9 Å². The summed E-state index contributed by atoms with van der Waals surface area (Å²) in [6.45, 7) is 1.97. The Kier molecular flexibility index (Phi) is 4.62. The minimum Gasteiger partial charge on any atom is -0.297 e. The van der Waals surface area contributed by atoms with E-state index in [9.17, 15) is 9.00 Å². The molecule has 4 heteroatoms. The molecule has 1 heterocycles. The van der Waals surface area contributed by atoms with Gasteiger partial charge in [-0.2, -0.15) is 0 Å². The van der Waals surface area contributed by atoms with E-state index < -0.39 is 14.9 Å². The van der Waals surface area contributed by atoms with Crippen molar-refractivity contribution in [2.24, 2.45) is 0 Å². The Bertz CT molecular complexity index is 444. The van der Waals surface area contributed by atoms with Crippen LogP contribution in [0.5, 0.6) is 0 Å². The number of ketones is 1. The lowest BCUT2D eigenvalue weighted by Crippen LogP contribution is -2.44. The van der Waals surface area contributed by atoms with Gasteiger partial charge in [0.15, 0.2) is 5.78 Å². The van der Waals surface area contributed by atoms with Gasteiger partial charge in [-0.05, 0) is 24.2 Å². The number of carbonyl (C=O) groups is 1. The van der Waals surface area contributed by atoms with Gasteiger partial charge in [0, 0.05) is 23.0 Å². The Labute approximate surface area is 115 Å². The molecule has 0 saturated carbocycles. The molecule has 2 nitrogen and oxygen atoms in total. The van der Waals surface area contributed by atoms with E-state index in [1.54, 1.807) is 11.8 Å². The van der Waals surface area contributed by atoms with E-state index in [-0.39, 0.29) is 5.78 Å². The van der Waals surface area contributed by atoms with Crippen LogP contribution in [0.2, 0.25) is 0 Å². The maximum Gasteiger partial charge on any atom is 0.165 e. The fourth-order valence-electron chi connectivity index (χ4n) is 2.24. The predicted molar refractivity (Wildman–Crippen MR) is 78.3 cm³/mol. The molecule has 98 valence electrons. The molecule has 2 unspecified atom stereocenters. The SMILES string of the molecule is CCC1(C(=O)Cc2ccccc2)SCCCS1=O. The van der Waals surface area contributed by atoms with Gasteiger partial charge in [0.25, 0.3) is 0 Å². The average Bonchev–Trinajstić information content (AvgIpc) is 2.40. The average molecular weight is 282 g/mol. The largest absolute Gasteiger partial charge is 0.297 e. The van der Waals surface area contributed by atoms with Crippen molar-refractivity contribution in [3.8, 4) is 0 Å². The number of thioether (sulfide) groups is 1. The zero-order valence-electron chi connectivity index (χ0n) is 10.6. The molecule has 1 aromatic carbocycles. The van der Waals surface area contributed by atoms with Crippen LogP contribution in [0.1, 0.15) is 25.3 Å². The van der Waals surface area contributed by atoms with Crippen LogP contribution in [-0.2, 0) is 22.0 Å². The molecule has 1 aliphatic heterocycles. The number of Topliss-reactive ketones (excluding diaryl/α,β-unsaturated/α-hetero) is 1. The van der Waals surface area contributed by atoms with Gasteiger partial charge in [-0.3, -0.25) is 9.00 Å². The quantitative estimate of drug-likeness (QED) is 0.851. The first-order valence-electron chi connectivity index (χ1n) is 6.28. The molecule has 0 aromatic heterocycles. The predicted octanol–water partition coefficient (Wildman–Crippen LogP) is 2.79. The Hall–Kier alpha value is -0.610. The Morgan fingerprint density at radius 3 is 2.72 bits per heavy atom.